The van der Waals surface area contributed by atoms with Crippen LogP contribution in [-0.4, -0.2) is 47.8 Å². The maximum atomic E-state index is 12.3. The van der Waals surface area contributed by atoms with Gasteiger partial charge in [-0.1, -0.05) is 24.3 Å². The Morgan fingerprint density at radius 1 is 1.16 bits per heavy atom. The predicted molar refractivity (Wildman–Crippen MR) is 68.8 cm³/mol. The molecule has 0 aliphatic heterocycles. The zero-order valence-corrected chi connectivity index (χ0v) is 10.7. The van der Waals surface area contributed by atoms with Crippen molar-refractivity contribution in [2.45, 2.75) is 19.1 Å². The van der Waals surface area contributed by atoms with Crippen LogP contribution in [0.5, 0.6) is 0 Å². The number of aliphatic hydroxyl groups is 2. The predicted octanol–water partition coefficient (Wildman–Crippen LogP) is 0.738. The summed E-state index contributed by atoms with van der Waals surface area (Å²) >= 11 is 0. The van der Waals surface area contributed by atoms with Gasteiger partial charge in [-0.05, 0) is 11.1 Å². The Balaban J connectivity index is 2.61. The molecule has 1 aromatic carbocycles. The van der Waals surface area contributed by atoms with Crippen LogP contribution in [-0.2, 0) is 6.54 Å². The molecular weight excluding hydrogens is 254 g/mol. The number of alkyl halides is 2. The molecule has 0 aromatic heterocycles. The van der Waals surface area contributed by atoms with Gasteiger partial charge in [0.2, 0.25) is 0 Å². The summed E-state index contributed by atoms with van der Waals surface area (Å²) in [5.74, 6) is 0. The lowest BCUT2D eigenvalue weighted by Crippen LogP contribution is -2.35. The standard InChI is InChI=1S/C13H20F2N2O2/c14-13(15)9-17(5-6-18)8-12(19)11-3-1-10(7-16)2-4-11/h1-4,12-13,18-19H,5-9,16H2. The van der Waals surface area contributed by atoms with E-state index >= 15 is 0 Å². The first-order valence-electron chi connectivity index (χ1n) is 6.15. The molecule has 1 unspecified atom stereocenters. The summed E-state index contributed by atoms with van der Waals surface area (Å²) in [7, 11) is 0. The Bertz CT molecular complexity index is 360. The van der Waals surface area contributed by atoms with Crippen LogP contribution < -0.4 is 5.73 Å². The molecule has 0 saturated carbocycles. The summed E-state index contributed by atoms with van der Waals surface area (Å²) in [6.45, 7) is -0.0857. The minimum absolute atomic E-state index is 0.0624. The molecule has 0 aliphatic carbocycles. The molecule has 0 heterocycles. The lowest BCUT2D eigenvalue weighted by Gasteiger charge is -2.24. The van der Waals surface area contributed by atoms with Gasteiger partial charge in [-0.25, -0.2) is 8.78 Å². The number of rotatable bonds is 8. The van der Waals surface area contributed by atoms with Crippen molar-refractivity contribution in [1.82, 2.24) is 4.90 Å². The Labute approximate surface area is 111 Å². The van der Waals surface area contributed by atoms with Crippen LogP contribution >= 0.6 is 0 Å². The topological polar surface area (TPSA) is 69.7 Å². The van der Waals surface area contributed by atoms with E-state index in [1.807, 2.05) is 0 Å². The monoisotopic (exact) mass is 274 g/mol. The van der Waals surface area contributed by atoms with Gasteiger partial charge < -0.3 is 15.9 Å². The average molecular weight is 274 g/mol. The van der Waals surface area contributed by atoms with Gasteiger partial charge in [0.1, 0.15) is 0 Å². The van der Waals surface area contributed by atoms with Crippen LogP contribution in [0.25, 0.3) is 0 Å². The first-order valence-corrected chi connectivity index (χ1v) is 6.15. The number of hydrogen-bond donors (Lipinski definition) is 3. The van der Waals surface area contributed by atoms with Crippen molar-refractivity contribution in [2.75, 3.05) is 26.2 Å². The highest BCUT2D eigenvalue weighted by molar-refractivity contribution is 5.24. The highest BCUT2D eigenvalue weighted by Gasteiger charge is 2.16. The third-order valence-corrected chi connectivity index (χ3v) is 2.84. The van der Waals surface area contributed by atoms with E-state index in [4.69, 9.17) is 10.8 Å². The summed E-state index contributed by atoms with van der Waals surface area (Å²) < 4.78 is 24.7. The molecule has 19 heavy (non-hydrogen) atoms. The summed E-state index contributed by atoms with van der Waals surface area (Å²) in [6, 6.07) is 7.04. The van der Waals surface area contributed by atoms with Gasteiger partial charge in [-0.3, -0.25) is 4.90 Å². The summed E-state index contributed by atoms with van der Waals surface area (Å²) in [4.78, 5) is 1.34. The van der Waals surface area contributed by atoms with E-state index in [1.54, 1.807) is 24.3 Å². The summed E-state index contributed by atoms with van der Waals surface area (Å²) in [6.07, 6.45) is -3.35. The normalized spacial score (nSPS) is 13.2. The minimum atomic E-state index is -2.49. The SMILES string of the molecule is NCc1ccc(C(O)CN(CCO)CC(F)F)cc1. The lowest BCUT2D eigenvalue weighted by atomic mass is 10.1. The smallest absolute Gasteiger partial charge is 0.251 e. The van der Waals surface area contributed by atoms with Gasteiger partial charge in [0.15, 0.2) is 0 Å². The molecule has 108 valence electrons. The second-order valence-electron chi connectivity index (χ2n) is 4.34. The number of benzene rings is 1. The largest absolute Gasteiger partial charge is 0.395 e. The highest BCUT2D eigenvalue weighted by atomic mass is 19.3. The Kier molecular flexibility index (Phi) is 6.86. The van der Waals surface area contributed by atoms with E-state index in [2.05, 4.69) is 0 Å². The van der Waals surface area contributed by atoms with Crippen molar-refractivity contribution in [2.24, 2.45) is 5.73 Å². The highest BCUT2D eigenvalue weighted by Crippen LogP contribution is 2.15. The van der Waals surface area contributed by atoms with Crippen LogP contribution in [0.4, 0.5) is 8.78 Å². The second-order valence-corrected chi connectivity index (χ2v) is 4.34. The Morgan fingerprint density at radius 3 is 2.26 bits per heavy atom. The zero-order chi connectivity index (χ0) is 14.3. The molecule has 1 rings (SSSR count). The van der Waals surface area contributed by atoms with E-state index in [0.29, 0.717) is 12.1 Å². The number of hydrogen-bond acceptors (Lipinski definition) is 4. The molecular formula is C13H20F2N2O2. The van der Waals surface area contributed by atoms with Crippen LogP contribution in [0.3, 0.4) is 0 Å². The van der Waals surface area contributed by atoms with Gasteiger partial charge in [0.25, 0.3) is 6.43 Å². The fourth-order valence-corrected chi connectivity index (χ4v) is 1.82. The molecule has 0 aliphatic rings. The van der Waals surface area contributed by atoms with E-state index in [0.717, 1.165) is 5.56 Å². The van der Waals surface area contributed by atoms with Gasteiger partial charge in [-0.15, -0.1) is 0 Å². The van der Waals surface area contributed by atoms with Crippen LogP contribution in [0.1, 0.15) is 17.2 Å². The van der Waals surface area contributed by atoms with E-state index < -0.39 is 19.1 Å². The quantitative estimate of drug-likeness (QED) is 0.654. The molecule has 0 fully saturated rings. The molecule has 0 amide bonds. The Hall–Kier alpha value is -1.08. The number of nitrogens with zero attached hydrogens (tertiary/aromatic N) is 1. The van der Waals surface area contributed by atoms with E-state index in [1.165, 1.54) is 4.90 Å². The van der Waals surface area contributed by atoms with Crippen molar-refractivity contribution in [1.29, 1.82) is 0 Å². The third kappa shape index (κ3) is 5.61. The fourth-order valence-electron chi connectivity index (χ4n) is 1.82. The van der Waals surface area contributed by atoms with Crippen molar-refractivity contribution in [3.05, 3.63) is 35.4 Å². The van der Waals surface area contributed by atoms with Crippen LogP contribution in [0.15, 0.2) is 24.3 Å². The van der Waals surface area contributed by atoms with E-state index in [9.17, 15) is 13.9 Å². The van der Waals surface area contributed by atoms with Crippen molar-refractivity contribution >= 4 is 0 Å². The Morgan fingerprint density at radius 2 is 1.79 bits per heavy atom. The van der Waals surface area contributed by atoms with Crippen molar-refractivity contribution in [3.8, 4) is 0 Å². The maximum Gasteiger partial charge on any atom is 0.251 e. The first-order chi connectivity index (χ1) is 9.06. The minimum Gasteiger partial charge on any atom is -0.395 e. The van der Waals surface area contributed by atoms with Gasteiger partial charge >= 0.3 is 0 Å². The number of halogens is 2. The molecule has 0 saturated heterocycles. The molecule has 1 atom stereocenters. The summed E-state index contributed by atoms with van der Waals surface area (Å²) in [5, 5.41) is 18.8. The van der Waals surface area contributed by atoms with E-state index in [-0.39, 0.29) is 19.7 Å². The number of aliphatic hydroxyl groups excluding tert-OH is 2. The summed E-state index contributed by atoms with van der Waals surface area (Å²) in [5.41, 5.74) is 7.06. The molecule has 6 heteroatoms. The molecule has 4 N–H and O–H groups in total. The van der Waals surface area contributed by atoms with Gasteiger partial charge in [-0.2, -0.15) is 0 Å². The van der Waals surface area contributed by atoms with Gasteiger partial charge in [0.05, 0.1) is 19.3 Å². The average Bonchev–Trinajstić information content (AvgIpc) is 2.38. The molecule has 4 nitrogen and oxygen atoms in total. The molecule has 1 aromatic rings. The first kappa shape index (κ1) is 16.0. The van der Waals surface area contributed by atoms with Crippen molar-refractivity contribution in [3.63, 3.8) is 0 Å². The van der Waals surface area contributed by atoms with Gasteiger partial charge in [0, 0.05) is 19.6 Å². The zero-order valence-electron chi connectivity index (χ0n) is 10.7. The van der Waals surface area contributed by atoms with Crippen LogP contribution in [0.2, 0.25) is 0 Å². The fraction of sp³-hybridized carbons (Fsp3) is 0.538. The molecule has 0 spiro atoms. The van der Waals surface area contributed by atoms with Crippen molar-refractivity contribution < 1.29 is 19.0 Å². The lowest BCUT2D eigenvalue weighted by molar-refractivity contribution is 0.0460. The van der Waals surface area contributed by atoms with Crippen LogP contribution in [0, 0.1) is 0 Å². The third-order valence-electron chi connectivity index (χ3n) is 2.84. The molecule has 0 radical (unpaired) electrons. The maximum absolute atomic E-state index is 12.3. The molecule has 0 bridgehead atoms. The number of nitrogens with two attached hydrogens (primary N) is 1. The second kappa shape index (κ2) is 8.16.